The normalized spacial score (nSPS) is 13.0. The number of pyridine rings is 1. The largest absolute Gasteiger partial charge is 0.609 e. The molecule has 0 radical (unpaired) electrons. The minimum atomic E-state index is -4.73. The second kappa shape index (κ2) is 7.58. The molecule has 0 aliphatic heterocycles. The van der Waals surface area contributed by atoms with Crippen molar-refractivity contribution in [3.05, 3.63) is 70.6 Å². The monoisotopic (exact) mass is 434 g/mol. The molecular weight excluding hydrogens is 421 g/mol. The molecule has 7 nitrogen and oxygen atoms in total. The number of oxazole rings is 1. The maximum absolute atomic E-state index is 13.2. The molecule has 0 N–H and O–H groups in total. The van der Waals surface area contributed by atoms with E-state index < -0.39 is 28.2 Å². The van der Waals surface area contributed by atoms with Crippen molar-refractivity contribution in [3.63, 3.8) is 0 Å². The van der Waals surface area contributed by atoms with Crippen LogP contribution in [-0.2, 0) is 23.9 Å². The van der Waals surface area contributed by atoms with Crippen LogP contribution in [0.4, 0.5) is 13.2 Å². The van der Waals surface area contributed by atoms with Gasteiger partial charge in [0.1, 0.15) is 11.8 Å². The SMILES string of the molecule is C[S+]([O-])c1nc(-c2ccc(=O)n(Cc3ccc4ocnc4c3)c2)cc(C(F)(F)F)n1. The minimum Gasteiger partial charge on any atom is -0.609 e. The third-order valence-electron chi connectivity index (χ3n) is 4.28. The third-order valence-corrected chi connectivity index (χ3v) is 4.98. The van der Waals surface area contributed by atoms with Gasteiger partial charge in [-0.1, -0.05) is 6.07 Å². The van der Waals surface area contributed by atoms with E-state index in [4.69, 9.17) is 4.42 Å². The molecule has 154 valence electrons. The summed E-state index contributed by atoms with van der Waals surface area (Å²) in [4.78, 5) is 23.7. The molecule has 0 aliphatic rings. The number of fused-ring (bicyclic) bond motifs is 1. The molecule has 0 fully saturated rings. The summed E-state index contributed by atoms with van der Waals surface area (Å²) in [7, 11) is 0. The molecule has 3 aromatic heterocycles. The molecule has 11 heteroatoms. The molecule has 3 heterocycles. The zero-order valence-electron chi connectivity index (χ0n) is 15.4. The van der Waals surface area contributed by atoms with Crippen LogP contribution in [0.3, 0.4) is 0 Å². The number of benzene rings is 1. The van der Waals surface area contributed by atoms with Crippen LogP contribution < -0.4 is 5.56 Å². The number of halogens is 3. The Hall–Kier alpha value is -3.18. The molecule has 1 atom stereocenters. The van der Waals surface area contributed by atoms with E-state index in [1.807, 2.05) is 0 Å². The minimum absolute atomic E-state index is 0.0803. The lowest BCUT2D eigenvalue weighted by Crippen LogP contribution is -2.19. The molecular formula is C19H13F3N4O3S. The number of alkyl halides is 3. The summed E-state index contributed by atoms with van der Waals surface area (Å²) in [6.45, 7) is 0.166. The molecule has 30 heavy (non-hydrogen) atoms. The third kappa shape index (κ3) is 4.07. The van der Waals surface area contributed by atoms with Gasteiger partial charge in [0.15, 0.2) is 17.7 Å². The quantitative estimate of drug-likeness (QED) is 0.361. The van der Waals surface area contributed by atoms with Crippen molar-refractivity contribution >= 4 is 22.3 Å². The summed E-state index contributed by atoms with van der Waals surface area (Å²) in [6, 6.07) is 8.60. The van der Waals surface area contributed by atoms with Gasteiger partial charge in [0.05, 0.1) is 12.2 Å². The molecule has 4 rings (SSSR count). The van der Waals surface area contributed by atoms with E-state index >= 15 is 0 Å². The predicted octanol–water partition coefficient (Wildman–Crippen LogP) is 3.25. The van der Waals surface area contributed by atoms with Crippen LogP contribution in [0.2, 0.25) is 0 Å². The van der Waals surface area contributed by atoms with Crippen LogP contribution in [-0.4, -0.2) is 30.3 Å². The van der Waals surface area contributed by atoms with Gasteiger partial charge in [-0.15, -0.1) is 0 Å². The van der Waals surface area contributed by atoms with E-state index in [0.29, 0.717) is 11.1 Å². The Balaban J connectivity index is 1.75. The first-order valence-electron chi connectivity index (χ1n) is 8.53. The van der Waals surface area contributed by atoms with Gasteiger partial charge in [0.2, 0.25) is 0 Å². The lowest BCUT2D eigenvalue weighted by molar-refractivity contribution is -0.141. The second-order valence-corrected chi connectivity index (χ2v) is 7.68. The van der Waals surface area contributed by atoms with Crippen LogP contribution in [0.5, 0.6) is 0 Å². The van der Waals surface area contributed by atoms with Crippen molar-refractivity contribution in [2.45, 2.75) is 17.9 Å². The van der Waals surface area contributed by atoms with E-state index in [2.05, 4.69) is 15.0 Å². The second-order valence-electron chi connectivity index (χ2n) is 6.41. The van der Waals surface area contributed by atoms with Crippen LogP contribution in [0.15, 0.2) is 63.4 Å². The highest BCUT2D eigenvalue weighted by Crippen LogP contribution is 2.30. The van der Waals surface area contributed by atoms with E-state index in [0.717, 1.165) is 11.6 Å². The number of aromatic nitrogens is 4. The van der Waals surface area contributed by atoms with Crippen molar-refractivity contribution in [3.8, 4) is 11.3 Å². The predicted molar refractivity (Wildman–Crippen MR) is 102 cm³/mol. The van der Waals surface area contributed by atoms with Crippen molar-refractivity contribution in [1.82, 2.24) is 19.5 Å². The van der Waals surface area contributed by atoms with Gasteiger partial charge in [0.25, 0.3) is 5.56 Å². The fraction of sp³-hybridized carbons (Fsp3) is 0.158. The average molecular weight is 434 g/mol. The van der Waals surface area contributed by atoms with Gasteiger partial charge >= 0.3 is 11.3 Å². The Kier molecular flexibility index (Phi) is 5.08. The Morgan fingerprint density at radius 2 is 1.97 bits per heavy atom. The fourth-order valence-electron chi connectivity index (χ4n) is 2.85. The van der Waals surface area contributed by atoms with Crippen molar-refractivity contribution in [2.75, 3.05) is 6.26 Å². The highest BCUT2D eigenvalue weighted by atomic mass is 32.2. The van der Waals surface area contributed by atoms with Crippen molar-refractivity contribution < 1.29 is 22.1 Å². The number of hydrogen-bond donors (Lipinski definition) is 0. The zero-order chi connectivity index (χ0) is 21.5. The fourth-order valence-corrected chi connectivity index (χ4v) is 3.31. The Bertz CT molecular complexity index is 1280. The maximum atomic E-state index is 13.2. The van der Waals surface area contributed by atoms with Gasteiger partial charge < -0.3 is 13.5 Å². The van der Waals surface area contributed by atoms with E-state index in [1.54, 1.807) is 18.2 Å². The van der Waals surface area contributed by atoms with Gasteiger partial charge in [-0.05, 0) is 29.8 Å². The van der Waals surface area contributed by atoms with Gasteiger partial charge in [0, 0.05) is 29.0 Å². The molecule has 0 bridgehead atoms. The molecule has 4 aromatic rings. The van der Waals surface area contributed by atoms with Gasteiger partial charge in [-0.25, -0.2) is 4.98 Å². The van der Waals surface area contributed by atoms with E-state index in [-0.39, 0.29) is 23.4 Å². The molecule has 0 saturated heterocycles. The van der Waals surface area contributed by atoms with Crippen LogP contribution in [0.25, 0.3) is 22.4 Å². The topological polar surface area (TPSA) is 96.9 Å². The lowest BCUT2D eigenvalue weighted by Gasteiger charge is -2.12. The number of rotatable bonds is 4. The number of hydrogen-bond acceptors (Lipinski definition) is 6. The molecule has 0 amide bonds. The maximum Gasteiger partial charge on any atom is 0.433 e. The van der Waals surface area contributed by atoms with Crippen molar-refractivity contribution in [1.29, 1.82) is 0 Å². The van der Waals surface area contributed by atoms with Crippen LogP contribution in [0.1, 0.15) is 11.3 Å². The Labute approximate surface area is 170 Å². The van der Waals surface area contributed by atoms with Crippen LogP contribution >= 0.6 is 0 Å². The summed E-state index contributed by atoms with van der Waals surface area (Å²) >= 11 is -1.82. The van der Waals surface area contributed by atoms with Gasteiger partial charge in [-0.2, -0.15) is 23.1 Å². The molecule has 0 aliphatic carbocycles. The molecule has 1 aromatic carbocycles. The first-order valence-corrected chi connectivity index (χ1v) is 10.1. The molecule has 1 unspecified atom stereocenters. The first-order chi connectivity index (χ1) is 14.2. The summed E-state index contributed by atoms with van der Waals surface area (Å²) in [5.41, 5.74) is 0.609. The summed E-state index contributed by atoms with van der Waals surface area (Å²) in [5, 5.41) is -0.436. The summed E-state index contributed by atoms with van der Waals surface area (Å²) in [6.07, 6.45) is -0.822. The smallest absolute Gasteiger partial charge is 0.433 e. The summed E-state index contributed by atoms with van der Waals surface area (Å²) < 4.78 is 57.8. The van der Waals surface area contributed by atoms with E-state index in [9.17, 15) is 22.5 Å². The van der Waals surface area contributed by atoms with Crippen molar-refractivity contribution in [2.24, 2.45) is 0 Å². The summed E-state index contributed by atoms with van der Waals surface area (Å²) in [5.74, 6) is 0. The van der Waals surface area contributed by atoms with E-state index in [1.165, 1.54) is 35.5 Å². The Morgan fingerprint density at radius 1 is 1.17 bits per heavy atom. The molecule has 0 saturated carbocycles. The average Bonchev–Trinajstić information content (AvgIpc) is 3.16. The standard InChI is InChI=1S/C19H13F3N4O3S/c1-30(28)18-24-13(7-16(25-18)19(20,21)22)12-3-5-17(27)26(9-12)8-11-2-4-15-14(6-11)23-10-29-15/h2-7,9-10H,8H2,1H3. The molecule has 0 spiro atoms. The highest BCUT2D eigenvalue weighted by Gasteiger charge is 2.35. The highest BCUT2D eigenvalue weighted by molar-refractivity contribution is 7.90. The Morgan fingerprint density at radius 3 is 2.70 bits per heavy atom. The lowest BCUT2D eigenvalue weighted by atomic mass is 10.1. The first kappa shape index (κ1) is 20.1. The zero-order valence-corrected chi connectivity index (χ0v) is 16.2. The number of nitrogens with zero attached hydrogens (tertiary/aromatic N) is 4. The van der Waals surface area contributed by atoms with Gasteiger partial charge in [-0.3, -0.25) is 4.79 Å². The van der Waals surface area contributed by atoms with Crippen LogP contribution in [0, 0.1) is 0 Å².